The predicted octanol–water partition coefficient (Wildman–Crippen LogP) is 1.26. The van der Waals surface area contributed by atoms with Gasteiger partial charge in [0, 0.05) is 26.1 Å². The van der Waals surface area contributed by atoms with Crippen LogP contribution >= 0.6 is 12.0 Å². The van der Waals surface area contributed by atoms with Gasteiger partial charge in [0.1, 0.15) is 4.93 Å². The van der Waals surface area contributed by atoms with Crippen LogP contribution in [0.15, 0.2) is 0 Å². The van der Waals surface area contributed by atoms with Crippen LogP contribution in [0.1, 0.15) is 20.8 Å². The Bertz CT molecular complexity index is 110. The molecule has 0 aliphatic carbocycles. The van der Waals surface area contributed by atoms with E-state index in [0.29, 0.717) is 12.0 Å². The molecule has 0 aromatic rings. The number of ether oxygens (including phenoxy) is 2. The highest BCUT2D eigenvalue weighted by Crippen LogP contribution is 2.27. The monoisotopic (exact) mass is 182 g/mol. The third-order valence-electron chi connectivity index (χ3n) is 1.03. The minimum absolute atomic E-state index is 0.507. The fourth-order valence-corrected chi connectivity index (χ4v) is 0.708. The largest absolute Gasteiger partial charge is 0.344 e. The Morgan fingerprint density at radius 3 is 2.00 bits per heavy atom. The first-order chi connectivity index (χ1) is 4.83. The molecule has 11 heavy (non-hydrogen) atoms. The zero-order chi connectivity index (χ0) is 9.12. The van der Waals surface area contributed by atoms with E-state index in [1.807, 2.05) is 0 Å². The molecule has 0 spiro atoms. The second-order valence-electron chi connectivity index (χ2n) is 2.70. The zero-order valence-corrected chi connectivity index (χ0v) is 7.94. The Hall–Kier alpha value is 0.190. The van der Waals surface area contributed by atoms with E-state index in [1.54, 1.807) is 13.8 Å². The molecule has 68 valence electrons. The summed E-state index contributed by atoms with van der Waals surface area (Å²) in [6.45, 7) is 4.58. The summed E-state index contributed by atoms with van der Waals surface area (Å²) >= 11 is 0.507. The Kier molecular flexibility index (Phi) is 3.79. The fraction of sp³-hybridized carbons (Fsp3) is 1.00. The molecule has 0 aromatic heterocycles. The van der Waals surface area contributed by atoms with Crippen molar-refractivity contribution in [2.75, 3.05) is 7.11 Å². The summed E-state index contributed by atoms with van der Waals surface area (Å²) in [5, 5.41) is 9.22. The number of aliphatic hydroxyl groups is 1. The Morgan fingerprint density at radius 2 is 1.73 bits per heavy atom. The lowest BCUT2D eigenvalue weighted by Crippen LogP contribution is -2.38. The van der Waals surface area contributed by atoms with Gasteiger partial charge in [-0.25, -0.2) is 0 Å². The summed E-state index contributed by atoms with van der Waals surface area (Å²) in [5.41, 5.74) is 0. The summed E-state index contributed by atoms with van der Waals surface area (Å²) in [6, 6.07) is 0. The first kappa shape index (κ1) is 11.2. The third kappa shape index (κ3) is 4.60. The molecule has 0 aliphatic heterocycles. The van der Waals surface area contributed by atoms with Crippen LogP contribution in [-0.4, -0.2) is 27.7 Å². The SMILES string of the molecule is COC(C)(O)OC(C)(C)SO. The van der Waals surface area contributed by atoms with Gasteiger partial charge in [-0.15, -0.1) is 0 Å². The molecule has 1 atom stereocenters. The van der Waals surface area contributed by atoms with Crippen molar-refractivity contribution in [3.05, 3.63) is 0 Å². The number of hydrogen-bond acceptors (Lipinski definition) is 5. The van der Waals surface area contributed by atoms with E-state index in [1.165, 1.54) is 14.0 Å². The van der Waals surface area contributed by atoms with Gasteiger partial charge in [-0.3, -0.25) is 0 Å². The normalized spacial score (nSPS) is 18.0. The molecule has 0 radical (unpaired) electrons. The second-order valence-corrected chi connectivity index (χ2v) is 3.86. The molecule has 5 heteroatoms. The van der Waals surface area contributed by atoms with Crippen molar-refractivity contribution in [1.29, 1.82) is 0 Å². The Labute approximate surface area is 70.7 Å². The minimum atomic E-state index is -1.65. The van der Waals surface area contributed by atoms with E-state index in [2.05, 4.69) is 4.74 Å². The molecule has 0 saturated carbocycles. The van der Waals surface area contributed by atoms with Crippen molar-refractivity contribution in [2.24, 2.45) is 0 Å². The summed E-state index contributed by atoms with van der Waals surface area (Å²) in [5.74, 6) is -1.65. The fourth-order valence-electron chi connectivity index (χ4n) is 0.516. The second kappa shape index (κ2) is 3.73. The van der Waals surface area contributed by atoms with Gasteiger partial charge in [0.25, 0.3) is 5.97 Å². The highest BCUT2D eigenvalue weighted by molar-refractivity contribution is 7.94. The van der Waals surface area contributed by atoms with Crippen molar-refractivity contribution in [3.8, 4) is 0 Å². The smallest absolute Gasteiger partial charge is 0.278 e. The molecular weight excluding hydrogens is 168 g/mol. The maximum Gasteiger partial charge on any atom is 0.278 e. The van der Waals surface area contributed by atoms with Crippen molar-refractivity contribution in [2.45, 2.75) is 31.7 Å². The van der Waals surface area contributed by atoms with Gasteiger partial charge in [-0.1, -0.05) is 0 Å². The quantitative estimate of drug-likeness (QED) is 0.506. The van der Waals surface area contributed by atoms with E-state index < -0.39 is 10.9 Å². The number of hydrogen-bond donors (Lipinski definition) is 2. The number of methoxy groups -OCH3 is 1. The molecule has 1 unspecified atom stereocenters. The molecule has 0 heterocycles. The molecule has 4 nitrogen and oxygen atoms in total. The molecule has 0 saturated heterocycles. The minimum Gasteiger partial charge on any atom is -0.344 e. The average Bonchev–Trinajstić information content (AvgIpc) is 1.86. The van der Waals surface area contributed by atoms with Crippen molar-refractivity contribution < 1.29 is 19.1 Å². The molecule has 0 amide bonds. The zero-order valence-electron chi connectivity index (χ0n) is 7.12. The molecule has 0 fully saturated rings. The predicted molar refractivity (Wildman–Crippen MR) is 43.0 cm³/mol. The van der Waals surface area contributed by atoms with Crippen LogP contribution in [0.25, 0.3) is 0 Å². The van der Waals surface area contributed by atoms with Gasteiger partial charge in [0.2, 0.25) is 0 Å². The lowest BCUT2D eigenvalue weighted by Gasteiger charge is -2.30. The summed E-state index contributed by atoms with van der Waals surface area (Å²) in [4.78, 5) is -0.875. The number of rotatable bonds is 4. The van der Waals surface area contributed by atoms with Gasteiger partial charge >= 0.3 is 0 Å². The van der Waals surface area contributed by atoms with Gasteiger partial charge in [0.15, 0.2) is 0 Å². The lowest BCUT2D eigenvalue weighted by atomic mass is 10.4. The van der Waals surface area contributed by atoms with Crippen LogP contribution in [-0.2, 0) is 9.47 Å². The van der Waals surface area contributed by atoms with Gasteiger partial charge in [-0.2, -0.15) is 0 Å². The van der Waals surface area contributed by atoms with Crippen LogP contribution in [0.4, 0.5) is 0 Å². The van der Waals surface area contributed by atoms with E-state index in [-0.39, 0.29) is 0 Å². The van der Waals surface area contributed by atoms with Crippen LogP contribution < -0.4 is 0 Å². The Morgan fingerprint density at radius 1 is 1.27 bits per heavy atom. The molecule has 0 bridgehead atoms. The van der Waals surface area contributed by atoms with E-state index >= 15 is 0 Å². The van der Waals surface area contributed by atoms with Crippen LogP contribution in [0.5, 0.6) is 0 Å². The molecule has 2 N–H and O–H groups in total. The van der Waals surface area contributed by atoms with Gasteiger partial charge < -0.3 is 19.1 Å². The van der Waals surface area contributed by atoms with Crippen molar-refractivity contribution >= 4 is 12.0 Å². The molecule has 0 rings (SSSR count). The maximum atomic E-state index is 9.22. The van der Waals surface area contributed by atoms with E-state index in [0.717, 1.165) is 0 Å². The van der Waals surface area contributed by atoms with E-state index in [9.17, 15) is 5.11 Å². The average molecular weight is 182 g/mol. The first-order valence-corrected chi connectivity index (χ1v) is 3.90. The van der Waals surface area contributed by atoms with Crippen molar-refractivity contribution in [1.82, 2.24) is 0 Å². The summed E-state index contributed by atoms with van der Waals surface area (Å²) in [6.07, 6.45) is 0. The van der Waals surface area contributed by atoms with Crippen LogP contribution in [0.3, 0.4) is 0 Å². The molecule has 0 aromatic carbocycles. The topological polar surface area (TPSA) is 58.9 Å². The summed E-state index contributed by atoms with van der Waals surface area (Å²) < 4.78 is 18.2. The lowest BCUT2D eigenvalue weighted by molar-refractivity contribution is -0.356. The van der Waals surface area contributed by atoms with Gasteiger partial charge in [-0.05, 0) is 13.8 Å². The highest BCUT2D eigenvalue weighted by Gasteiger charge is 2.31. The first-order valence-electron chi connectivity index (χ1n) is 3.13. The third-order valence-corrected chi connectivity index (χ3v) is 1.56. The van der Waals surface area contributed by atoms with Gasteiger partial charge in [0.05, 0.1) is 0 Å². The van der Waals surface area contributed by atoms with Crippen LogP contribution in [0, 0.1) is 0 Å². The molecular formula is C6H14O4S. The maximum absolute atomic E-state index is 9.22. The Balaban J connectivity index is 4.02. The van der Waals surface area contributed by atoms with Crippen molar-refractivity contribution in [3.63, 3.8) is 0 Å². The highest BCUT2D eigenvalue weighted by atomic mass is 32.2. The van der Waals surface area contributed by atoms with Crippen LogP contribution in [0.2, 0.25) is 0 Å². The van der Waals surface area contributed by atoms with E-state index in [4.69, 9.17) is 9.29 Å². The standard InChI is InChI=1S/C6H14O4S/c1-5(2,11-8)10-6(3,7)9-4/h7-8H,1-4H3. The molecule has 0 aliphatic rings. The summed E-state index contributed by atoms with van der Waals surface area (Å²) in [7, 11) is 1.32.